The molecule has 0 amide bonds. The summed E-state index contributed by atoms with van der Waals surface area (Å²) in [5.41, 5.74) is 1.23. The van der Waals surface area contributed by atoms with Crippen molar-refractivity contribution < 1.29 is 13.4 Å². The molecule has 14 heteroatoms. The van der Waals surface area contributed by atoms with Crippen molar-refractivity contribution in [2.45, 2.75) is 76.5 Å². The summed E-state index contributed by atoms with van der Waals surface area (Å²) in [4.78, 5) is 10.9. The summed E-state index contributed by atoms with van der Waals surface area (Å²) in [6, 6.07) is 0. The van der Waals surface area contributed by atoms with Gasteiger partial charge in [-0.15, -0.1) is 17.4 Å². The van der Waals surface area contributed by atoms with E-state index in [2.05, 4.69) is 47.1 Å². The molecule has 37 heavy (non-hydrogen) atoms. The molecule has 0 bridgehead atoms. The smallest absolute Gasteiger partial charge is 0.266 e. The van der Waals surface area contributed by atoms with Crippen LogP contribution in [0.3, 0.4) is 0 Å². The Morgan fingerprint density at radius 2 is 1.92 bits per heavy atom. The Hall–Kier alpha value is -3.60. The molecule has 0 radical (unpaired) electrons. The van der Waals surface area contributed by atoms with Gasteiger partial charge in [-0.2, -0.15) is 10.2 Å². The number of halogens is 2. The Morgan fingerprint density at radius 1 is 1.14 bits per heavy atom. The summed E-state index contributed by atoms with van der Waals surface area (Å²) in [6.45, 7) is 6.96. The SMILES string of the molecule is C#CCCC1(CCNCc2nonc2Cn2nnc3c(N4CCC(F)(F)C4)nc(C(C)(C)C)nc32)N=N1. The molecule has 2 aliphatic rings. The average Bonchev–Trinajstić information content (AvgIpc) is 3.13. The van der Waals surface area contributed by atoms with E-state index in [1.807, 2.05) is 20.8 Å². The van der Waals surface area contributed by atoms with Crippen molar-refractivity contribution in [2.24, 2.45) is 10.2 Å². The molecule has 0 atom stereocenters. The van der Waals surface area contributed by atoms with Gasteiger partial charge in [-0.3, -0.25) is 0 Å². The first-order valence-corrected chi connectivity index (χ1v) is 12.2. The zero-order chi connectivity index (χ0) is 26.3. The Kier molecular flexibility index (Phi) is 6.35. The van der Waals surface area contributed by atoms with Crippen LogP contribution in [0, 0.1) is 12.3 Å². The summed E-state index contributed by atoms with van der Waals surface area (Å²) >= 11 is 0. The molecule has 196 valence electrons. The molecule has 0 unspecified atom stereocenters. The van der Waals surface area contributed by atoms with E-state index in [1.165, 1.54) is 0 Å². The first kappa shape index (κ1) is 25.1. The van der Waals surface area contributed by atoms with Crippen LogP contribution in [0.5, 0.6) is 0 Å². The minimum atomic E-state index is -2.77. The summed E-state index contributed by atoms with van der Waals surface area (Å²) in [5.74, 6) is 0.737. The lowest BCUT2D eigenvalue weighted by Gasteiger charge is -2.22. The van der Waals surface area contributed by atoms with Crippen molar-refractivity contribution in [3.63, 3.8) is 0 Å². The minimum absolute atomic E-state index is 0.184. The van der Waals surface area contributed by atoms with Gasteiger partial charge in [-0.05, 0) is 6.54 Å². The summed E-state index contributed by atoms with van der Waals surface area (Å²) < 4.78 is 34.5. The number of nitrogens with zero attached hydrogens (tertiary/aromatic N) is 10. The van der Waals surface area contributed by atoms with E-state index in [9.17, 15) is 8.78 Å². The monoisotopic (exact) mass is 513 g/mol. The summed E-state index contributed by atoms with van der Waals surface area (Å²) in [6.07, 6.45) is 7.24. The van der Waals surface area contributed by atoms with Gasteiger partial charge < -0.3 is 10.2 Å². The lowest BCUT2D eigenvalue weighted by molar-refractivity contribution is 0.0257. The highest BCUT2D eigenvalue weighted by Crippen LogP contribution is 2.36. The third-order valence-corrected chi connectivity index (χ3v) is 6.47. The zero-order valence-corrected chi connectivity index (χ0v) is 21.1. The van der Waals surface area contributed by atoms with E-state index in [1.54, 1.807) is 9.58 Å². The maximum Gasteiger partial charge on any atom is 0.266 e. The van der Waals surface area contributed by atoms with Crippen LogP contribution in [-0.2, 0) is 18.5 Å². The molecule has 1 N–H and O–H groups in total. The molecular weight excluding hydrogens is 484 g/mol. The van der Waals surface area contributed by atoms with Crippen molar-refractivity contribution in [2.75, 3.05) is 24.5 Å². The molecule has 0 saturated carbocycles. The molecule has 2 aliphatic heterocycles. The highest BCUT2D eigenvalue weighted by molar-refractivity contribution is 5.83. The van der Waals surface area contributed by atoms with Crippen LogP contribution in [0.1, 0.15) is 63.7 Å². The van der Waals surface area contributed by atoms with Gasteiger partial charge in [0, 0.05) is 44.2 Å². The van der Waals surface area contributed by atoms with Crippen molar-refractivity contribution in [1.82, 2.24) is 40.6 Å². The van der Waals surface area contributed by atoms with Gasteiger partial charge in [0.1, 0.15) is 17.2 Å². The van der Waals surface area contributed by atoms with Crippen LogP contribution in [0.15, 0.2) is 14.9 Å². The minimum Gasteiger partial charge on any atom is -0.348 e. The molecule has 1 saturated heterocycles. The second-order valence-corrected chi connectivity index (χ2v) is 10.5. The second-order valence-electron chi connectivity index (χ2n) is 10.5. The zero-order valence-electron chi connectivity index (χ0n) is 21.1. The predicted molar refractivity (Wildman–Crippen MR) is 129 cm³/mol. The normalized spacial score (nSPS) is 18.0. The maximum absolute atomic E-state index is 14.0. The number of aromatic nitrogens is 7. The number of fused-ring (bicyclic) bond motifs is 1. The fraction of sp³-hybridized carbons (Fsp3) is 0.652. The topological polar surface area (TPSA) is 135 Å². The Labute approximate surface area is 212 Å². The Balaban J connectivity index is 1.33. The Morgan fingerprint density at radius 3 is 2.59 bits per heavy atom. The van der Waals surface area contributed by atoms with Gasteiger partial charge in [0.25, 0.3) is 5.92 Å². The fourth-order valence-corrected chi connectivity index (χ4v) is 4.21. The average molecular weight is 514 g/mol. The van der Waals surface area contributed by atoms with E-state index < -0.39 is 17.9 Å². The number of terminal acetylenes is 1. The van der Waals surface area contributed by atoms with E-state index in [-0.39, 0.29) is 25.2 Å². The number of hydrogen-bond donors (Lipinski definition) is 1. The third-order valence-electron chi connectivity index (χ3n) is 6.47. The first-order valence-electron chi connectivity index (χ1n) is 12.2. The molecule has 0 spiro atoms. The van der Waals surface area contributed by atoms with Crippen LogP contribution in [0.25, 0.3) is 11.2 Å². The Bertz CT molecular complexity index is 1340. The van der Waals surface area contributed by atoms with Crippen molar-refractivity contribution in [3.05, 3.63) is 17.2 Å². The fourth-order valence-electron chi connectivity index (χ4n) is 4.21. The lowest BCUT2D eigenvalue weighted by atomic mass is 9.96. The van der Waals surface area contributed by atoms with E-state index in [0.29, 0.717) is 53.7 Å². The van der Waals surface area contributed by atoms with Gasteiger partial charge in [-0.25, -0.2) is 28.1 Å². The van der Waals surface area contributed by atoms with Gasteiger partial charge >= 0.3 is 0 Å². The molecule has 0 aromatic carbocycles. The lowest BCUT2D eigenvalue weighted by Crippen LogP contribution is -2.27. The highest BCUT2D eigenvalue weighted by Gasteiger charge is 2.40. The molecule has 5 heterocycles. The molecule has 12 nitrogen and oxygen atoms in total. The third kappa shape index (κ3) is 5.41. The van der Waals surface area contributed by atoms with Crippen LogP contribution in [0.2, 0.25) is 0 Å². The van der Waals surface area contributed by atoms with Crippen molar-refractivity contribution in [3.8, 4) is 12.3 Å². The van der Waals surface area contributed by atoms with Gasteiger partial charge in [0.2, 0.25) is 0 Å². The summed E-state index contributed by atoms with van der Waals surface area (Å²) in [7, 11) is 0. The van der Waals surface area contributed by atoms with Crippen LogP contribution < -0.4 is 10.2 Å². The number of rotatable bonds is 10. The van der Waals surface area contributed by atoms with Crippen LogP contribution >= 0.6 is 0 Å². The largest absolute Gasteiger partial charge is 0.348 e. The van der Waals surface area contributed by atoms with Crippen molar-refractivity contribution in [1.29, 1.82) is 0 Å². The maximum atomic E-state index is 14.0. The molecule has 0 aliphatic carbocycles. The van der Waals surface area contributed by atoms with E-state index in [0.717, 1.165) is 12.8 Å². The summed E-state index contributed by atoms with van der Waals surface area (Å²) in [5, 5.41) is 28.2. The van der Waals surface area contributed by atoms with Crippen LogP contribution in [-0.4, -0.2) is 66.5 Å². The number of alkyl halides is 2. The van der Waals surface area contributed by atoms with Gasteiger partial charge in [0.05, 0.1) is 13.1 Å². The van der Waals surface area contributed by atoms with Crippen LogP contribution in [0.4, 0.5) is 14.6 Å². The van der Waals surface area contributed by atoms with Gasteiger partial charge in [0.15, 0.2) is 22.6 Å². The highest BCUT2D eigenvalue weighted by atomic mass is 19.3. The molecule has 1 fully saturated rings. The predicted octanol–water partition coefficient (Wildman–Crippen LogP) is 2.85. The van der Waals surface area contributed by atoms with E-state index in [4.69, 9.17) is 16.0 Å². The van der Waals surface area contributed by atoms with E-state index >= 15 is 0 Å². The molecule has 5 rings (SSSR count). The number of hydrogen-bond acceptors (Lipinski definition) is 11. The standard InChI is InChI=1S/C23H29F2N11O/c1-5-6-7-23(32-33-23)8-10-26-12-15-16(31-37-30-15)13-36-19-17(29-34-36)18(27-20(28-19)21(2,3)4)35-11-9-22(24,25)14-35/h1,26H,6-14H2,2-4H3. The number of nitrogens with one attached hydrogen (secondary N) is 1. The second kappa shape index (κ2) is 9.37. The van der Waals surface area contributed by atoms with Gasteiger partial charge in [-0.1, -0.05) is 36.3 Å². The molecule has 3 aromatic heterocycles. The number of anilines is 1. The molecular formula is C23H29F2N11O. The molecule has 3 aromatic rings. The van der Waals surface area contributed by atoms with Crippen molar-refractivity contribution >= 4 is 17.0 Å². The first-order chi connectivity index (χ1) is 17.6. The quantitative estimate of drug-likeness (QED) is 0.321.